The molecular formula is C14H23N3O3S. The fourth-order valence-corrected chi connectivity index (χ4v) is 3.05. The van der Waals surface area contributed by atoms with Gasteiger partial charge in [0.1, 0.15) is 11.2 Å². The summed E-state index contributed by atoms with van der Waals surface area (Å²) in [5.41, 5.74) is 5.28. The standard InChI is InChI=1S/C14H23N3O3S/c1-13(2,3)20-12(18)17-6-4-5-14(19,9-17)11(15)10-7-16-21-8-10/h7-8,11,19H,4-6,9,15H2,1-3H3. The summed E-state index contributed by atoms with van der Waals surface area (Å²) in [4.78, 5) is 13.7. The first-order valence-electron chi connectivity index (χ1n) is 7.06. The van der Waals surface area contributed by atoms with Crippen molar-refractivity contribution >= 4 is 17.6 Å². The number of likely N-dealkylation sites (tertiary alicyclic amines) is 1. The molecule has 3 N–H and O–H groups in total. The van der Waals surface area contributed by atoms with E-state index in [9.17, 15) is 9.90 Å². The molecule has 0 spiro atoms. The van der Waals surface area contributed by atoms with Gasteiger partial charge >= 0.3 is 6.09 Å². The van der Waals surface area contributed by atoms with Crippen LogP contribution in [0.3, 0.4) is 0 Å². The topological polar surface area (TPSA) is 88.7 Å². The number of nitrogens with two attached hydrogens (primary N) is 1. The number of piperidine rings is 1. The predicted octanol–water partition coefficient (Wildman–Crippen LogP) is 1.90. The second-order valence-corrected chi connectivity index (χ2v) is 7.20. The molecule has 1 amide bonds. The van der Waals surface area contributed by atoms with Crippen molar-refractivity contribution in [2.24, 2.45) is 5.73 Å². The largest absolute Gasteiger partial charge is 0.444 e. The summed E-state index contributed by atoms with van der Waals surface area (Å²) >= 11 is 1.30. The molecule has 6 nitrogen and oxygen atoms in total. The number of ether oxygens (including phenoxy) is 1. The van der Waals surface area contributed by atoms with Gasteiger partial charge in [0.2, 0.25) is 0 Å². The molecule has 1 aliphatic heterocycles. The Morgan fingerprint density at radius 1 is 1.62 bits per heavy atom. The Morgan fingerprint density at radius 3 is 2.90 bits per heavy atom. The molecule has 7 heteroatoms. The molecule has 0 radical (unpaired) electrons. The fourth-order valence-electron chi connectivity index (χ4n) is 2.48. The summed E-state index contributed by atoms with van der Waals surface area (Å²) in [5, 5.41) is 12.7. The molecule has 21 heavy (non-hydrogen) atoms. The highest BCUT2D eigenvalue weighted by Gasteiger charge is 2.42. The van der Waals surface area contributed by atoms with E-state index in [4.69, 9.17) is 10.5 Å². The molecule has 1 aromatic heterocycles. The van der Waals surface area contributed by atoms with E-state index in [-0.39, 0.29) is 6.54 Å². The number of nitrogens with zero attached hydrogens (tertiary/aromatic N) is 2. The zero-order valence-electron chi connectivity index (χ0n) is 12.7. The maximum atomic E-state index is 12.2. The van der Waals surface area contributed by atoms with Crippen LogP contribution in [0.15, 0.2) is 11.6 Å². The third-order valence-corrected chi connectivity index (χ3v) is 4.15. The number of amides is 1. The summed E-state index contributed by atoms with van der Waals surface area (Å²) in [5.74, 6) is 0. The van der Waals surface area contributed by atoms with Gasteiger partial charge in [-0.15, -0.1) is 0 Å². The Hall–Kier alpha value is -1.18. The lowest BCUT2D eigenvalue weighted by atomic mass is 9.83. The molecule has 2 rings (SSSR count). The summed E-state index contributed by atoms with van der Waals surface area (Å²) in [7, 11) is 0. The van der Waals surface area contributed by atoms with Crippen LogP contribution in [0.2, 0.25) is 0 Å². The average molecular weight is 313 g/mol. The smallest absolute Gasteiger partial charge is 0.410 e. The number of hydrogen-bond donors (Lipinski definition) is 2. The summed E-state index contributed by atoms with van der Waals surface area (Å²) in [6.45, 7) is 6.22. The van der Waals surface area contributed by atoms with E-state index in [1.807, 2.05) is 26.2 Å². The zero-order chi connectivity index (χ0) is 15.7. The fraction of sp³-hybridized carbons (Fsp3) is 0.714. The summed E-state index contributed by atoms with van der Waals surface area (Å²) in [6, 6.07) is -0.554. The van der Waals surface area contributed by atoms with E-state index in [1.165, 1.54) is 16.4 Å². The van der Waals surface area contributed by atoms with E-state index < -0.39 is 23.3 Å². The third kappa shape index (κ3) is 3.93. The minimum absolute atomic E-state index is 0.179. The molecule has 0 aromatic carbocycles. The Bertz CT molecular complexity index is 486. The van der Waals surface area contributed by atoms with Gasteiger partial charge < -0.3 is 20.5 Å². The van der Waals surface area contributed by atoms with Crippen LogP contribution in [0.4, 0.5) is 4.79 Å². The summed E-state index contributed by atoms with van der Waals surface area (Å²) < 4.78 is 9.38. The number of β-amino-alcohol motifs (C(OH)–C–C–N with tert-alkyl or cyclic N) is 1. The molecule has 0 aliphatic carbocycles. The number of aromatic nitrogens is 1. The number of aliphatic hydroxyl groups is 1. The Balaban J connectivity index is 2.07. The number of hydrogen-bond acceptors (Lipinski definition) is 6. The van der Waals surface area contributed by atoms with Crippen molar-refractivity contribution in [3.63, 3.8) is 0 Å². The highest BCUT2D eigenvalue weighted by Crippen LogP contribution is 2.33. The molecule has 2 heterocycles. The molecule has 1 fully saturated rings. The normalized spacial score (nSPS) is 24.7. The molecule has 1 saturated heterocycles. The highest BCUT2D eigenvalue weighted by atomic mass is 32.1. The maximum Gasteiger partial charge on any atom is 0.410 e. The van der Waals surface area contributed by atoms with Crippen molar-refractivity contribution in [1.29, 1.82) is 0 Å². The molecule has 0 saturated carbocycles. The number of carbonyl (C=O) groups excluding carboxylic acids is 1. The van der Waals surface area contributed by atoms with Crippen molar-refractivity contribution in [2.45, 2.75) is 50.9 Å². The van der Waals surface area contributed by atoms with E-state index in [1.54, 1.807) is 6.20 Å². The SMILES string of the molecule is CC(C)(C)OC(=O)N1CCCC(O)(C(N)c2cnsc2)C1. The Labute approximate surface area is 129 Å². The van der Waals surface area contributed by atoms with Crippen LogP contribution in [0.25, 0.3) is 0 Å². The number of carbonyl (C=O) groups is 1. The van der Waals surface area contributed by atoms with E-state index in [0.29, 0.717) is 19.4 Å². The van der Waals surface area contributed by atoms with Gasteiger partial charge in [-0.25, -0.2) is 9.17 Å². The average Bonchev–Trinajstić information content (AvgIpc) is 2.89. The first-order chi connectivity index (χ1) is 9.71. The molecule has 118 valence electrons. The molecule has 2 atom stereocenters. The highest BCUT2D eigenvalue weighted by molar-refractivity contribution is 7.03. The van der Waals surface area contributed by atoms with Crippen molar-refractivity contribution in [3.05, 3.63) is 17.1 Å². The Kier molecular flexibility index (Phi) is 4.55. The van der Waals surface area contributed by atoms with Gasteiger partial charge in [-0.3, -0.25) is 0 Å². The van der Waals surface area contributed by atoms with Gasteiger partial charge in [0.15, 0.2) is 0 Å². The van der Waals surface area contributed by atoms with E-state index in [2.05, 4.69) is 4.37 Å². The third-order valence-electron chi connectivity index (χ3n) is 3.54. The van der Waals surface area contributed by atoms with Gasteiger partial charge in [0.05, 0.1) is 12.6 Å². The van der Waals surface area contributed by atoms with Crippen LogP contribution in [-0.2, 0) is 4.74 Å². The lowest BCUT2D eigenvalue weighted by molar-refractivity contribution is -0.0575. The minimum Gasteiger partial charge on any atom is -0.444 e. The first kappa shape index (κ1) is 16.2. The lowest BCUT2D eigenvalue weighted by Gasteiger charge is -2.42. The van der Waals surface area contributed by atoms with Crippen LogP contribution in [0.1, 0.15) is 45.2 Å². The van der Waals surface area contributed by atoms with Crippen LogP contribution >= 0.6 is 11.5 Å². The predicted molar refractivity (Wildman–Crippen MR) is 81.0 cm³/mol. The van der Waals surface area contributed by atoms with Crippen LogP contribution in [0, 0.1) is 0 Å². The van der Waals surface area contributed by atoms with Gasteiger partial charge in [-0.05, 0) is 45.1 Å². The molecule has 2 unspecified atom stereocenters. The van der Waals surface area contributed by atoms with Crippen LogP contribution in [0.5, 0.6) is 0 Å². The monoisotopic (exact) mass is 313 g/mol. The van der Waals surface area contributed by atoms with Crippen LogP contribution < -0.4 is 5.73 Å². The second kappa shape index (κ2) is 5.90. The van der Waals surface area contributed by atoms with Gasteiger partial charge in [0, 0.05) is 23.7 Å². The molecule has 0 bridgehead atoms. The molecule has 1 aromatic rings. The van der Waals surface area contributed by atoms with Gasteiger partial charge in [-0.2, -0.15) is 0 Å². The van der Waals surface area contributed by atoms with Crippen molar-refractivity contribution in [1.82, 2.24) is 9.27 Å². The quantitative estimate of drug-likeness (QED) is 0.870. The van der Waals surface area contributed by atoms with Crippen molar-refractivity contribution in [3.8, 4) is 0 Å². The first-order valence-corrected chi connectivity index (χ1v) is 7.90. The maximum absolute atomic E-state index is 12.2. The molecular weight excluding hydrogens is 290 g/mol. The minimum atomic E-state index is -1.14. The van der Waals surface area contributed by atoms with Crippen molar-refractivity contribution < 1.29 is 14.6 Å². The van der Waals surface area contributed by atoms with Gasteiger partial charge in [0.25, 0.3) is 0 Å². The second-order valence-electron chi connectivity index (χ2n) is 6.54. The van der Waals surface area contributed by atoms with Gasteiger partial charge in [-0.1, -0.05) is 0 Å². The lowest BCUT2D eigenvalue weighted by Crippen LogP contribution is -2.56. The zero-order valence-corrected chi connectivity index (χ0v) is 13.5. The molecule has 1 aliphatic rings. The summed E-state index contributed by atoms with van der Waals surface area (Å²) in [6.07, 6.45) is 2.51. The van der Waals surface area contributed by atoms with Crippen molar-refractivity contribution in [2.75, 3.05) is 13.1 Å². The Morgan fingerprint density at radius 2 is 2.33 bits per heavy atom. The van der Waals surface area contributed by atoms with E-state index in [0.717, 1.165) is 5.56 Å². The number of rotatable bonds is 2. The van der Waals surface area contributed by atoms with Crippen LogP contribution in [-0.4, -0.2) is 44.8 Å². The van der Waals surface area contributed by atoms with E-state index >= 15 is 0 Å².